The summed E-state index contributed by atoms with van der Waals surface area (Å²) in [5, 5.41) is 0.651. The molecule has 1 N–H and O–H groups in total. The number of rotatable bonds is 7. The van der Waals surface area contributed by atoms with Gasteiger partial charge < -0.3 is 4.90 Å². The van der Waals surface area contributed by atoms with Gasteiger partial charge in [0.05, 0.1) is 48.0 Å². The fourth-order valence-corrected chi connectivity index (χ4v) is 4.60. The number of anilines is 1. The Bertz CT molecular complexity index is 1040. The molecule has 0 atom stereocenters. The first-order chi connectivity index (χ1) is 13.3. The summed E-state index contributed by atoms with van der Waals surface area (Å²) in [5.41, 5.74) is 1.31. The summed E-state index contributed by atoms with van der Waals surface area (Å²) in [4.78, 5) is 21.0. The second kappa shape index (κ2) is 8.38. The van der Waals surface area contributed by atoms with E-state index in [4.69, 9.17) is 0 Å². The first kappa shape index (κ1) is 20.4. The molecule has 3 rings (SSSR count). The van der Waals surface area contributed by atoms with Gasteiger partial charge in [0.1, 0.15) is 0 Å². The minimum Gasteiger partial charge on any atom is -0.338 e. The number of hydrogen-bond acceptors (Lipinski definition) is 5. The Morgan fingerprint density at radius 3 is 2.39 bits per heavy atom. The highest BCUT2D eigenvalue weighted by Crippen LogP contribution is 2.29. The third-order valence-electron chi connectivity index (χ3n) is 4.43. The van der Waals surface area contributed by atoms with E-state index in [9.17, 15) is 13.2 Å². The minimum absolute atomic E-state index is 0.0315. The number of aromatic nitrogens is 1. The van der Waals surface area contributed by atoms with Crippen molar-refractivity contribution in [2.24, 2.45) is 0 Å². The van der Waals surface area contributed by atoms with Gasteiger partial charge in [-0.05, 0) is 36.4 Å². The van der Waals surface area contributed by atoms with Crippen LogP contribution in [-0.4, -0.2) is 52.2 Å². The monoisotopic (exact) mass is 418 g/mol. The molecule has 148 valence electrons. The van der Waals surface area contributed by atoms with Crippen molar-refractivity contribution in [3.63, 3.8) is 0 Å². The summed E-state index contributed by atoms with van der Waals surface area (Å²) in [5.74, 6) is -0.148. The number of sulfone groups is 1. The van der Waals surface area contributed by atoms with Crippen LogP contribution in [0.3, 0.4) is 0 Å². The largest absolute Gasteiger partial charge is 0.338 e. The van der Waals surface area contributed by atoms with Gasteiger partial charge in [0.15, 0.2) is 15.0 Å². The smallest absolute Gasteiger partial charge is 0.260 e. The number of nitrogens with zero attached hydrogens (tertiary/aromatic N) is 2. The highest BCUT2D eigenvalue weighted by atomic mass is 32.2. The molecule has 0 unspecified atom stereocenters. The lowest BCUT2D eigenvalue weighted by atomic mass is 10.2. The standard InChI is InChI=1S/C20H23N3O3S2/c1-4-28(25,26)16-11-9-15(10-12-16)19(24)23(14-13-22(2)3)20-21-17-7-5-6-8-18(17)27-20/h5-12H,4,13-14H2,1-3H3/p+1. The predicted octanol–water partition coefficient (Wildman–Crippen LogP) is 1.88. The molecule has 0 saturated carbocycles. The Labute approximate surface area is 169 Å². The van der Waals surface area contributed by atoms with Crippen LogP contribution in [0, 0.1) is 0 Å². The maximum absolute atomic E-state index is 13.2. The lowest BCUT2D eigenvalue weighted by Gasteiger charge is -2.20. The molecule has 2 aromatic carbocycles. The van der Waals surface area contributed by atoms with Gasteiger partial charge in [-0.15, -0.1) is 0 Å². The fraction of sp³-hybridized carbons (Fsp3) is 0.300. The molecular formula is C20H24N3O3S2+. The van der Waals surface area contributed by atoms with Gasteiger partial charge in [0.2, 0.25) is 0 Å². The number of carbonyl (C=O) groups excluding carboxylic acids is 1. The molecule has 0 radical (unpaired) electrons. The Hall–Kier alpha value is -2.29. The average Bonchev–Trinajstić information content (AvgIpc) is 3.11. The zero-order valence-corrected chi connectivity index (χ0v) is 17.8. The third kappa shape index (κ3) is 4.40. The molecule has 0 spiro atoms. The number of amides is 1. The summed E-state index contributed by atoms with van der Waals surface area (Å²) < 4.78 is 25.0. The second-order valence-electron chi connectivity index (χ2n) is 6.81. The van der Waals surface area contributed by atoms with Crippen LogP contribution >= 0.6 is 11.3 Å². The average molecular weight is 419 g/mol. The van der Waals surface area contributed by atoms with Gasteiger partial charge in [-0.25, -0.2) is 13.4 Å². The molecule has 0 aliphatic heterocycles. The van der Waals surface area contributed by atoms with E-state index in [2.05, 4.69) is 4.98 Å². The van der Waals surface area contributed by atoms with Gasteiger partial charge in [-0.2, -0.15) is 0 Å². The summed E-state index contributed by atoms with van der Waals surface area (Å²) in [7, 11) is 0.776. The molecule has 6 nitrogen and oxygen atoms in total. The van der Waals surface area contributed by atoms with Gasteiger partial charge in [0, 0.05) is 5.56 Å². The minimum atomic E-state index is -3.29. The number of quaternary nitrogens is 1. The van der Waals surface area contributed by atoms with Gasteiger partial charge in [-0.1, -0.05) is 30.4 Å². The molecule has 1 heterocycles. The first-order valence-electron chi connectivity index (χ1n) is 9.11. The number of para-hydroxylation sites is 1. The molecule has 0 aliphatic rings. The molecule has 0 bridgehead atoms. The van der Waals surface area contributed by atoms with Crippen LogP contribution in [0.2, 0.25) is 0 Å². The molecule has 28 heavy (non-hydrogen) atoms. The van der Waals surface area contributed by atoms with Crippen molar-refractivity contribution in [2.75, 3.05) is 37.8 Å². The molecule has 8 heteroatoms. The number of likely N-dealkylation sites (N-methyl/N-ethyl adjacent to an activating group) is 1. The number of thiazole rings is 1. The Morgan fingerprint density at radius 1 is 1.11 bits per heavy atom. The highest BCUT2D eigenvalue weighted by Gasteiger charge is 2.23. The lowest BCUT2D eigenvalue weighted by Crippen LogP contribution is -3.06. The van der Waals surface area contributed by atoms with Gasteiger partial charge in [-0.3, -0.25) is 9.69 Å². The van der Waals surface area contributed by atoms with Crippen LogP contribution in [-0.2, 0) is 9.84 Å². The second-order valence-corrected chi connectivity index (χ2v) is 10.1. The molecule has 0 fully saturated rings. The van der Waals surface area contributed by atoms with Crippen LogP contribution in [0.4, 0.5) is 5.13 Å². The fourth-order valence-electron chi connectivity index (χ4n) is 2.72. The van der Waals surface area contributed by atoms with Crippen LogP contribution in [0.1, 0.15) is 17.3 Å². The van der Waals surface area contributed by atoms with E-state index >= 15 is 0 Å². The van der Waals surface area contributed by atoms with Crippen molar-refractivity contribution >= 4 is 42.4 Å². The Morgan fingerprint density at radius 2 is 1.79 bits per heavy atom. The van der Waals surface area contributed by atoms with Crippen molar-refractivity contribution in [2.45, 2.75) is 11.8 Å². The predicted molar refractivity (Wildman–Crippen MR) is 113 cm³/mol. The van der Waals surface area contributed by atoms with Crippen molar-refractivity contribution in [3.8, 4) is 0 Å². The number of nitrogens with one attached hydrogen (secondary N) is 1. The van der Waals surface area contributed by atoms with Gasteiger partial charge >= 0.3 is 0 Å². The molecule has 3 aromatic rings. The molecule has 0 aliphatic carbocycles. The maximum Gasteiger partial charge on any atom is 0.260 e. The third-order valence-corrected chi connectivity index (χ3v) is 7.24. The van der Waals surface area contributed by atoms with E-state index in [1.807, 2.05) is 38.4 Å². The number of benzene rings is 2. The SMILES string of the molecule is CCS(=O)(=O)c1ccc(C(=O)N(CC[NH+](C)C)c2nc3ccccc3s2)cc1. The summed E-state index contributed by atoms with van der Waals surface area (Å²) in [6.07, 6.45) is 0. The number of carbonyl (C=O) groups is 1. The summed E-state index contributed by atoms with van der Waals surface area (Å²) in [6.45, 7) is 2.90. The normalized spacial score (nSPS) is 11.9. The molecule has 1 amide bonds. The van der Waals surface area contributed by atoms with E-state index in [0.717, 1.165) is 16.8 Å². The van der Waals surface area contributed by atoms with Crippen LogP contribution in [0.5, 0.6) is 0 Å². The highest BCUT2D eigenvalue weighted by molar-refractivity contribution is 7.91. The molecular weight excluding hydrogens is 394 g/mol. The molecule has 1 aromatic heterocycles. The zero-order chi connectivity index (χ0) is 20.3. The van der Waals surface area contributed by atoms with Crippen molar-refractivity contribution in [1.82, 2.24) is 4.98 Å². The van der Waals surface area contributed by atoms with Crippen molar-refractivity contribution < 1.29 is 18.1 Å². The van der Waals surface area contributed by atoms with E-state index < -0.39 is 9.84 Å². The van der Waals surface area contributed by atoms with Crippen molar-refractivity contribution in [1.29, 1.82) is 0 Å². The maximum atomic E-state index is 13.2. The topological polar surface area (TPSA) is 71.8 Å². The van der Waals surface area contributed by atoms with Crippen LogP contribution in [0.15, 0.2) is 53.4 Å². The lowest BCUT2D eigenvalue weighted by molar-refractivity contribution is -0.856. The van der Waals surface area contributed by atoms with Crippen LogP contribution < -0.4 is 9.80 Å². The zero-order valence-electron chi connectivity index (χ0n) is 16.2. The van der Waals surface area contributed by atoms with Crippen molar-refractivity contribution in [3.05, 3.63) is 54.1 Å². The Balaban J connectivity index is 1.94. The summed E-state index contributed by atoms with van der Waals surface area (Å²) in [6, 6.07) is 13.9. The quantitative estimate of drug-likeness (QED) is 0.636. The number of fused-ring (bicyclic) bond motifs is 1. The van der Waals surface area contributed by atoms with Gasteiger partial charge in [0.25, 0.3) is 5.91 Å². The molecule has 0 saturated heterocycles. The van der Waals surface area contributed by atoms with E-state index in [0.29, 0.717) is 17.2 Å². The first-order valence-corrected chi connectivity index (χ1v) is 11.6. The number of hydrogen-bond donors (Lipinski definition) is 1. The van der Waals surface area contributed by atoms with E-state index in [1.165, 1.54) is 28.4 Å². The van der Waals surface area contributed by atoms with E-state index in [1.54, 1.807) is 24.0 Å². The van der Waals surface area contributed by atoms with E-state index in [-0.39, 0.29) is 16.6 Å². The summed E-state index contributed by atoms with van der Waals surface area (Å²) >= 11 is 1.48. The Kier molecular flexibility index (Phi) is 6.12. The van der Waals surface area contributed by atoms with Crippen LogP contribution in [0.25, 0.3) is 10.2 Å².